The fourth-order valence-electron chi connectivity index (χ4n) is 3.43. The Bertz CT molecular complexity index is 833. The van der Waals surface area contributed by atoms with Crippen molar-refractivity contribution in [1.29, 1.82) is 0 Å². The summed E-state index contributed by atoms with van der Waals surface area (Å²) in [5, 5.41) is 11.6. The standard InChI is InChI=1S/C17H12FNO4/c18-10-3-1-9(2-4-10)13-8-17(13)12-7-11(23-16(21)22)5-6-14(12)19-15(17)20/h1-7,13H,8H2,(H,19,20)(H,21,22)/t13-,17+/m1/s1. The molecule has 1 fully saturated rings. The maximum atomic E-state index is 13.1. The Kier molecular flexibility index (Phi) is 2.72. The van der Waals surface area contributed by atoms with Crippen LogP contribution in [0.5, 0.6) is 5.75 Å². The number of fused-ring (bicyclic) bond motifs is 2. The quantitative estimate of drug-likeness (QED) is 0.659. The van der Waals surface area contributed by atoms with Crippen molar-refractivity contribution in [1.82, 2.24) is 0 Å². The van der Waals surface area contributed by atoms with Crippen LogP contribution in [-0.2, 0) is 10.2 Å². The zero-order valence-electron chi connectivity index (χ0n) is 11.9. The van der Waals surface area contributed by atoms with Gasteiger partial charge in [-0.05, 0) is 47.9 Å². The number of anilines is 1. The van der Waals surface area contributed by atoms with Crippen LogP contribution in [0, 0.1) is 5.82 Å². The molecule has 0 unspecified atom stereocenters. The van der Waals surface area contributed by atoms with Gasteiger partial charge in [0.15, 0.2) is 0 Å². The van der Waals surface area contributed by atoms with Crippen molar-refractivity contribution in [3.05, 3.63) is 59.4 Å². The normalized spacial score (nSPS) is 24.2. The number of halogens is 1. The average Bonchev–Trinajstić information content (AvgIpc) is 3.19. The largest absolute Gasteiger partial charge is 0.511 e. The van der Waals surface area contributed by atoms with E-state index in [0.717, 1.165) is 11.1 Å². The smallest absolute Gasteiger partial charge is 0.449 e. The Morgan fingerprint density at radius 1 is 1.26 bits per heavy atom. The molecule has 6 heteroatoms. The van der Waals surface area contributed by atoms with E-state index in [-0.39, 0.29) is 23.4 Å². The minimum Gasteiger partial charge on any atom is -0.449 e. The lowest BCUT2D eigenvalue weighted by molar-refractivity contribution is -0.118. The lowest BCUT2D eigenvalue weighted by Crippen LogP contribution is -2.21. The van der Waals surface area contributed by atoms with E-state index in [1.807, 2.05) is 0 Å². The highest BCUT2D eigenvalue weighted by molar-refractivity contribution is 6.10. The average molecular weight is 313 g/mol. The Morgan fingerprint density at radius 2 is 2.00 bits per heavy atom. The van der Waals surface area contributed by atoms with Gasteiger partial charge in [-0.1, -0.05) is 12.1 Å². The third-order valence-electron chi connectivity index (χ3n) is 4.56. The summed E-state index contributed by atoms with van der Waals surface area (Å²) in [6.07, 6.45) is -0.796. The Hall–Kier alpha value is -2.89. The van der Waals surface area contributed by atoms with Crippen molar-refractivity contribution in [2.24, 2.45) is 0 Å². The number of nitrogens with one attached hydrogen (secondary N) is 1. The van der Waals surface area contributed by atoms with Crippen LogP contribution in [0.2, 0.25) is 0 Å². The van der Waals surface area contributed by atoms with Crippen LogP contribution in [-0.4, -0.2) is 17.2 Å². The molecule has 2 N–H and O–H groups in total. The number of carboxylic acid groups (broad SMARTS) is 1. The van der Waals surface area contributed by atoms with E-state index in [2.05, 4.69) is 10.1 Å². The Balaban J connectivity index is 1.73. The molecule has 0 radical (unpaired) electrons. The number of carbonyl (C=O) groups is 2. The second kappa shape index (κ2) is 4.55. The maximum Gasteiger partial charge on any atom is 0.511 e. The van der Waals surface area contributed by atoms with Gasteiger partial charge in [-0.3, -0.25) is 4.79 Å². The molecule has 2 aromatic carbocycles. The molecule has 23 heavy (non-hydrogen) atoms. The minimum atomic E-state index is -1.40. The van der Waals surface area contributed by atoms with Crippen molar-refractivity contribution in [3.63, 3.8) is 0 Å². The van der Waals surface area contributed by atoms with Crippen LogP contribution in [0.1, 0.15) is 23.5 Å². The monoisotopic (exact) mass is 313 g/mol. The third-order valence-corrected chi connectivity index (χ3v) is 4.56. The molecular formula is C17H12FNO4. The van der Waals surface area contributed by atoms with Crippen molar-refractivity contribution in [2.75, 3.05) is 5.32 Å². The van der Waals surface area contributed by atoms with Gasteiger partial charge < -0.3 is 15.2 Å². The summed E-state index contributed by atoms with van der Waals surface area (Å²) in [6.45, 7) is 0. The van der Waals surface area contributed by atoms with Gasteiger partial charge >= 0.3 is 6.16 Å². The number of carbonyl (C=O) groups excluding carboxylic acids is 1. The maximum absolute atomic E-state index is 13.1. The van der Waals surface area contributed by atoms with E-state index in [4.69, 9.17) is 5.11 Å². The second-order valence-corrected chi connectivity index (χ2v) is 5.81. The summed E-state index contributed by atoms with van der Waals surface area (Å²) in [5.74, 6) is -0.313. The fourth-order valence-corrected chi connectivity index (χ4v) is 3.43. The lowest BCUT2D eigenvalue weighted by Gasteiger charge is -2.10. The van der Waals surface area contributed by atoms with Crippen LogP contribution in [0.4, 0.5) is 14.9 Å². The van der Waals surface area contributed by atoms with E-state index in [1.165, 1.54) is 18.2 Å². The zero-order chi connectivity index (χ0) is 16.2. The first-order chi connectivity index (χ1) is 11.0. The molecule has 1 spiro atoms. The van der Waals surface area contributed by atoms with Crippen LogP contribution in [0.25, 0.3) is 0 Å². The summed E-state index contributed by atoms with van der Waals surface area (Å²) < 4.78 is 17.8. The molecule has 2 aromatic rings. The van der Waals surface area contributed by atoms with Crippen molar-refractivity contribution in [3.8, 4) is 5.75 Å². The molecule has 0 bridgehead atoms. The highest BCUT2D eigenvalue weighted by Gasteiger charge is 2.65. The third kappa shape index (κ3) is 1.98. The topological polar surface area (TPSA) is 75.6 Å². The molecule has 5 nitrogen and oxygen atoms in total. The van der Waals surface area contributed by atoms with E-state index in [9.17, 15) is 14.0 Å². The van der Waals surface area contributed by atoms with Crippen molar-refractivity contribution < 1.29 is 23.8 Å². The highest BCUT2D eigenvalue weighted by atomic mass is 19.1. The van der Waals surface area contributed by atoms with Crippen LogP contribution < -0.4 is 10.1 Å². The molecule has 2 atom stereocenters. The molecule has 1 heterocycles. The van der Waals surface area contributed by atoms with Gasteiger partial charge in [0.05, 0.1) is 5.41 Å². The van der Waals surface area contributed by atoms with Gasteiger partial charge in [-0.15, -0.1) is 0 Å². The van der Waals surface area contributed by atoms with E-state index in [0.29, 0.717) is 12.1 Å². The number of hydrogen-bond donors (Lipinski definition) is 2. The van der Waals surface area contributed by atoms with Gasteiger partial charge in [0, 0.05) is 11.6 Å². The number of hydrogen-bond acceptors (Lipinski definition) is 3. The predicted octanol–water partition coefficient (Wildman–Crippen LogP) is 3.26. The highest BCUT2D eigenvalue weighted by Crippen LogP contribution is 2.65. The first-order valence-electron chi connectivity index (χ1n) is 7.13. The summed E-state index contributed by atoms with van der Waals surface area (Å²) in [4.78, 5) is 23.1. The Labute approximate surface area is 130 Å². The minimum absolute atomic E-state index is 0.0515. The number of benzene rings is 2. The zero-order valence-corrected chi connectivity index (χ0v) is 11.9. The molecule has 1 amide bonds. The lowest BCUT2D eigenvalue weighted by atomic mass is 9.92. The van der Waals surface area contributed by atoms with Gasteiger partial charge in [0.25, 0.3) is 0 Å². The molecule has 116 valence electrons. The van der Waals surface area contributed by atoms with E-state index in [1.54, 1.807) is 24.3 Å². The molecular weight excluding hydrogens is 301 g/mol. The predicted molar refractivity (Wildman–Crippen MR) is 79.2 cm³/mol. The van der Waals surface area contributed by atoms with Crippen LogP contribution >= 0.6 is 0 Å². The SMILES string of the molecule is O=C(O)Oc1ccc2c(c1)[C@]1(C[C@@H]1c1ccc(F)cc1)C(=O)N2. The number of amides is 1. The van der Waals surface area contributed by atoms with Gasteiger partial charge in [0.2, 0.25) is 5.91 Å². The van der Waals surface area contributed by atoms with Gasteiger partial charge in [-0.2, -0.15) is 0 Å². The fraction of sp³-hybridized carbons (Fsp3) is 0.176. The summed E-state index contributed by atoms with van der Waals surface area (Å²) in [7, 11) is 0. The van der Waals surface area contributed by atoms with Crippen LogP contribution in [0.15, 0.2) is 42.5 Å². The molecule has 1 aliphatic heterocycles. The number of rotatable bonds is 2. The molecule has 1 aliphatic carbocycles. The second-order valence-electron chi connectivity index (χ2n) is 5.81. The van der Waals surface area contributed by atoms with Gasteiger partial charge in [-0.25, -0.2) is 9.18 Å². The molecule has 0 aromatic heterocycles. The summed E-state index contributed by atoms with van der Waals surface area (Å²) >= 11 is 0. The van der Waals surface area contributed by atoms with E-state index < -0.39 is 11.6 Å². The van der Waals surface area contributed by atoms with E-state index >= 15 is 0 Å². The summed E-state index contributed by atoms with van der Waals surface area (Å²) in [6, 6.07) is 10.8. The first-order valence-corrected chi connectivity index (χ1v) is 7.13. The Morgan fingerprint density at radius 3 is 2.70 bits per heavy atom. The molecule has 0 saturated heterocycles. The van der Waals surface area contributed by atoms with Gasteiger partial charge in [0.1, 0.15) is 11.6 Å². The molecule has 2 aliphatic rings. The molecule has 1 saturated carbocycles. The number of ether oxygens (including phenoxy) is 1. The van der Waals surface area contributed by atoms with Crippen molar-refractivity contribution in [2.45, 2.75) is 17.8 Å². The first kappa shape index (κ1) is 13.8. The molecule has 4 rings (SSSR count). The summed E-state index contributed by atoms with van der Waals surface area (Å²) in [5.41, 5.74) is 1.57. The van der Waals surface area contributed by atoms with Crippen LogP contribution in [0.3, 0.4) is 0 Å². The van der Waals surface area contributed by atoms with Crippen molar-refractivity contribution >= 4 is 17.7 Å².